The zero-order valence-electron chi connectivity index (χ0n) is 11.8. The van der Waals surface area contributed by atoms with Gasteiger partial charge in [0.15, 0.2) is 0 Å². The molecule has 0 saturated carbocycles. The van der Waals surface area contributed by atoms with Crippen molar-refractivity contribution in [3.05, 3.63) is 28.8 Å². The molecule has 0 aliphatic rings. The minimum absolute atomic E-state index is 0.0611. The summed E-state index contributed by atoms with van der Waals surface area (Å²) in [6.45, 7) is 4.03. The molecule has 0 aliphatic heterocycles. The number of nitrogens with two attached hydrogens (primary N) is 1. The number of halogens is 3. The average molecular weight is 288 g/mol. The van der Waals surface area contributed by atoms with Crippen LogP contribution in [0.1, 0.15) is 34.8 Å². The van der Waals surface area contributed by atoms with Crippen LogP contribution in [0, 0.1) is 13.8 Å². The summed E-state index contributed by atoms with van der Waals surface area (Å²) in [6.07, 6.45) is -3.95. The zero-order valence-corrected chi connectivity index (χ0v) is 11.8. The Hall–Kier alpha value is -1.72. The molecule has 0 fully saturated rings. The highest BCUT2D eigenvalue weighted by Gasteiger charge is 2.33. The summed E-state index contributed by atoms with van der Waals surface area (Å²) in [4.78, 5) is 13.1. The third kappa shape index (κ3) is 4.15. The summed E-state index contributed by atoms with van der Waals surface area (Å²) < 4.78 is 37.6. The van der Waals surface area contributed by atoms with E-state index in [1.165, 1.54) is 6.07 Å². The molecular formula is C14H19F3N2O. The fourth-order valence-electron chi connectivity index (χ4n) is 2.01. The summed E-state index contributed by atoms with van der Waals surface area (Å²) in [7, 11) is 0. The monoisotopic (exact) mass is 288 g/mol. The predicted molar refractivity (Wildman–Crippen MR) is 72.6 cm³/mol. The second-order valence-electron chi connectivity index (χ2n) is 4.87. The lowest BCUT2D eigenvalue weighted by atomic mass is 10.0. The number of anilines is 1. The van der Waals surface area contributed by atoms with Gasteiger partial charge in [-0.15, -0.1) is 0 Å². The van der Waals surface area contributed by atoms with Gasteiger partial charge in [0.25, 0.3) is 5.91 Å². The number of hydrogen-bond donors (Lipinski definition) is 1. The molecule has 6 heteroatoms. The number of alkyl halides is 3. The summed E-state index contributed by atoms with van der Waals surface area (Å²) in [6, 6.07) is 3.16. The van der Waals surface area contributed by atoms with Crippen molar-refractivity contribution < 1.29 is 18.0 Å². The number of carbonyl (C=O) groups excluding carboxylic acids is 1. The third-order valence-electron chi connectivity index (χ3n) is 2.99. The smallest absolute Gasteiger partial charge is 0.398 e. The Morgan fingerprint density at radius 2 is 1.85 bits per heavy atom. The predicted octanol–water partition coefficient (Wildman–Crippen LogP) is 3.30. The van der Waals surface area contributed by atoms with Crippen LogP contribution >= 0.6 is 0 Å². The van der Waals surface area contributed by atoms with E-state index < -0.39 is 18.6 Å². The maximum Gasteiger partial charge on any atom is 0.406 e. The van der Waals surface area contributed by atoms with Crippen LogP contribution in [0.15, 0.2) is 12.1 Å². The van der Waals surface area contributed by atoms with Crippen LogP contribution in [0.4, 0.5) is 18.9 Å². The van der Waals surface area contributed by atoms with E-state index in [2.05, 4.69) is 0 Å². The molecule has 0 spiro atoms. The van der Waals surface area contributed by atoms with E-state index in [9.17, 15) is 18.0 Å². The van der Waals surface area contributed by atoms with Gasteiger partial charge in [-0.2, -0.15) is 13.2 Å². The fraction of sp³-hybridized carbons (Fsp3) is 0.500. The van der Waals surface area contributed by atoms with Gasteiger partial charge < -0.3 is 10.6 Å². The van der Waals surface area contributed by atoms with Crippen molar-refractivity contribution in [3.63, 3.8) is 0 Å². The molecule has 0 unspecified atom stereocenters. The molecule has 0 radical (unpaired) electrons. The number of amides is 1. The van der Waals surface area contributed by atoms with Crippen LogP contribution in [0.3, 0.4) is 0 Å². The van der Waals surface area contributed by atoms with Crippen molar-refractivity contribution in [3.8, 4) is 0 Å². The van der Waals surface area contributed by atoms with E-state index >= 15 is 0 Å². The number of aryl methyl sites for hydroxylation is 2. The van der Waals surface area contributed by atoms with E-state index in [-0.39, 0.29) is 12.1 Å². The maximum atomic E-state index is 12.5. The van der Waals surface area contributed by atoms with Gasteiger partial charge in [0.2, 0.25) is 0 Å². The number of nitrogen functional groups attached to an aromatic ring is 1. The van der Waals surface area contributed by atoms with Crippen LogP contribution in [0.25, 0.3) is 0 Å². The van der Waals surface area contributed by atoms with Crippen LogP contribution in [0.5, 0.6) is 0 Å². The van der Waals surface area contributed by atoms with Gasteiger partial charge in [-0.3, -0.25) is 4.79 Å². The third-order valence-corrected chi connectivity index (χ3v) is 2.99. The van der Waals surface area contributed by atoms with Crippen LogP contribution in [-0.2, 0) is 0 Å². The number of rotatable bonds is 4. The highest BCUT2D eigenvalue weighted by Crippen LogP contribution is 2.22. The Balaban J connectivity index is 3.09. The molecule has 0 heterocycles. The topological polar surface area (TPSA) is 46.3 Å². The molecule has 0 saturated heterocycles. The first kappa shape index (κ1) is 16.3. The Morgan fingerprint density at radius 1 is 1.25 bits per heavy atom. The molecule has 2 N–H and O–H groups in total. The summed E-state index contributed by atoms with van der Waals surface area (Å²) >= 11 is 0. The fourth-order valence-corrected chi connectivity index (χ4v) is 2.01. The number of nitrogens with zero attached hydrogens (tertiary/aromatic N) is 1. The molecule has 0 aliphatic carbocycles. The van der Waals surface area contributed by atoms with Gasteiger partial charge in [-0.05, 0) is 37.5 Å². The van der Waals surface area contributed by atoms with Gasteiger partial charge >= 0.3 is 6.18 Å². The normalized spacial score (nSPS) is 11.5. The Bertz CT molecular complexity index is 498. The molecule has 1 amide bonds. The maximum absolute atomic E-state index is 12.5. The second-order valence-corrected chi connectivity index (χ2v) is 4.87. The summed E-state index contributed by atoms with van der Waals surface area (Å²) in [5.41, 5.74) is 7.80. The molecule has 1 aromatic rings. The number of carbonyl (C=O) groups is 1. The molecule has 0 bridgehead atoms. The van der Waals surface area contributed by atoms with Crippen LogP contribution in [0.2, 0.25) is 0 Å². The first-order valence-electron chi connectivity index (χ1n) is 6.38. The van der Waals surface area contributed by atoms with Crippen molar-refractivity contribution in [1.29, 1.82) is 0 Å². The summed E-state index contributed by atoms with van der Waals surface area (Å²) in [5, 5.41) is 0. The minimum Gasteiger partial charge on any atom is -0.398 e. The van der Waals surface area contributed by atoms with Crippen molar-refractivity contribution in [1.82, 2.24) is 4.90 Å². The van der Waals surface area contributed by atoms with Crippen molar-refractivity contribution in [2.24, 2.45) is 0 Å². The lowest BCUT2D eigenvalue weighted by Crippen LogP contribution is -2.39. The van der Waals surface area contributed by atoms with Crippen molar-refractivity contribution in [2.75, 3.05) is 18.8 Å². The van der Waals surface area contributed by atoms with E-state index in [0.29, 0.717) is 17.7 Å². The Morgan fingerprint density at radius 3 is 2.35 bits per heavy atom. The highest BCUT2D eigenvalue weighted by molar-refractivity contribution is 5.96. The highest BCUT2D eigenvalue weighted by atomic mass is 19.4. The van der Waals surface area contributed by atoms with Gasteiger partial charge in [-0.25, -0.2) is 0 Å². The molecule has 3 nitrogen and oxygen atoms in total. The van der Waals surface area contributed by atoms with Gasteiger partial charge in [0, 0.05) is 17.8 Å². The lowest BCUT2D eigenvalue weighted by molar-refractivity contribution is -0.140. The number of hydrogen-bond acceptors (Lipinski definition) is 2. The lowest BCUT2D eigenvalue weighted by Gasteiger charge is -2.24. The molecule has 0 atom stereocenters. The average Bonchev–Trinajstić information content (AvgIpc) is 2.31. The largest absolute Gasteiger partial charge is 0.406 e. The number of benzene rings is 1. The molecule has 112 valence electrons. The molecule has 1 rings (SSSR count). The van der Waals surface area contributed by atoms with Gasteiger partial charge in [0.1, 0.15) is 6.54 Å². The zero-order chi connectivity index (χ0) is 15.5. The Labute approximate surface area is 116 Å². The first-order chi connectivity index (χ1) is 9.15. The summed E-state index contributed by atoms with van der Waals surface area (Å²) in [5.74, 6) is -0.631. The van der Waals surface area contributed by atoms with E-state index in [1.54, 1.807) is 26.8 Å². The standard InChI is InChI=1S/C14H19F3N2O/c1-4-5-19(8-14(15,16)17)13(20)11-7-12(18)10(3)6-9(11)2/h6-7H,4-5,8,18H2,1-3H3. The molecule has 0 aromatic heterocycles. The van der Waals surface area contributed by atoms with Gasteiger partial charge in [0.05, 0.1) is 0 Å². The quantitative estimate of drug-likeness (QED) is 0.864. The minimum atomic E-state index is -4.41. The van der Waals surface area contributed by atoms with Crippen molar-refractivity contribution >= 4 is 11.6 Å². The van der Waals surface area contributed by atoms with Gasteiger partial charge in [-0.1, -0.05) is 13.0 Å². The van der Waals surface area contributed by atoms with Crippen LogP contribution < -0.4 is 5.73 Å². The SMILES string of the molecule is CCCN(CC(F)(F)F)C(=O)c1cc(N)c(C)cc1C. The molecule has 20 heavy (non-hydrogen) atoms. The van der Waals surface area contributed by atoms with E-state index in [1.807, 2.05) is 0 Å². The van der Waals surface area contributed by atoms with E-state index in [0.717, 1.165) is 10.5 Å². The van der Waals surface area contributed by atoms with Crippen LogP contribution in [-0.4, -0.2) is 30.1 Å². The van der Waals surface area contributed by atoms with E-state index in [4.69, 9.17) is 5.73 Å². The molecule has 1 aromatic carbocycles. The second kappa shape index (κ2) is 6.15. The van der Waals surface area contributed by atoms with Crippen molar-refractivity contribution in [2.45, 2.75) is 33.4 Å². The Kier molecular flexibility index (Phi) is 5.03. The first-order valence-corrected chi connectivity index (χ1v) is 6.38. The molecular weight excluding hydrogens is 269 g/mol.